The third-order valence-corrected chi connectivity index (χ3v) is 16.1. The zero-order chi connectivity index (χ0) is 52.4. The second-order valence-corrected chi connectivity index (χ2v) is 22.6. The van der Waals surface area contributed by atoms with Gasteiger partial charge < -0.3 is 57.4 Å². The number of benzene rings is 2. The fraction of sp³-hybridized carbons (Fsp3) is 0.529. The number of hydrogen-bond acceptors (Lipinski definition) is 13. The molecule has 1 unspecified atom stereocenters. The predicted molar refractivity (Wildman–Crippen MR) is 281 cm³/mol. The van der Waals surface area contributed by atoms with Gasteiger partial charge >= 0.3 is 0 Å². The van der Waals surface area contributed by atoms with Gasteiger partial charge in [-0.05, 0) is 86.4 Å². The molecule has 4 saturated heterocycles. The van der Waals surface area contributed by atoms with E-state index < -0.39 is 82.3 Å². The summed E-state index contributed by atoms with van der Waals surface area (Å²) in [4.78, 5) is 101. The number of thioether (sulfide) groups is 2. The van der Waals surface area contributed by atoms with Crippen LogP contribution in [0.2, 0.25) is 0 Å². The number of likely N-dealkylation sites (N-methyl/N-ethyl adjacent to an activating group) is 2. The number of nitrogens with one attached hydrogen (secondary N) is 8. The van der Waals surface area contributed by atoms with E-state index in [4.69, 9.17) is 12.2 Å². The largest absolute Gasteiger partial charge is 0.367 e. The lowest BCUT2D eigenvalue weighted by Gasteiger charge is -2.37. The smallest absolute Gasteiger partial charge is 0.278 e. The Morgan fingerprint density at radius 1 is 0.764 bits per heavy atom. The highest BCUT2D eigenvalue weighted by atomic mass is 32.2. The van der Waals surface area contributed by atoms with E-state index in [0.717, 1.165) is 0 Å². The summed E-state index contributed by atoms with van der Waals surface area (Å²) < 4.78 is 0. The average molecular weight is 1040 g/mol. The molecule has 21 heteroatoms. The predicted octanol–water partition coefficient (Wildman–Crippen LogP) is 0.823. The number of thiocarbonyl (C=S) groups is 1. The number of nitrogens with zero attached hydrogens (tertiary/aromatic N) is 2. The average Bonchev–Trinajstić information content (AvgIpc) is 3.67. The standard InChI is InChI=1S/C51H66N10O8S3/c1-31(53-7)42(62)57-35-23-27-72-38-29-50(4,5)41(61(38)47(35)67)45(65)59-51(69,33-20-14-11-15-21-33)48(68)55-25-17-9-8-16-24-54-43(63)39(32-18-12-10-13-19-32)58-44(64)40-49(2,3)28-37-60(40)46(66)34(22-26-71-37)56-36(70)30-52-6/h10-15,18-21,31,34-35,37-41,52-53,69H,22-30H2,1-7H3,(H,54,63)(H,55,68)(H,56,70)(H,57,62)(H,58,64)(H,59,65)/t31-,34-,35-,37-,38-,39-,40+,41+,51?/m0/s1. The van der Waals surface area contributed by atoms with E-state index in [9.17, 15) is 38.7 Å². The zero-order valence-electron chi connectivity index (χ0n) is 41.7. The topological polar surface area (TPSA) is 242 Å². The van der Waals surface area contributed by atoms with Gasteiger partial charge in [-0.15, -0.1) is 23.5 Å². The molecule has 9 atom stereocenters. The number of fused-ring (bicyclic) bond motifs is 2. The van der Waals surface area contributed by atoms with Crippen LogP contribution in [0.3, 0.4) is 0 Å². The highest BCUT2D eigenvalue weighted by molar-refractivity contribution is 8.00. The summed E-state index contributed by atoms with van der Waals surface area (Å²) in [6.45, 7) is 9.26. The Labute approximate surface area is 435 Å². The van der Waals surface area contributed by atoms with Crippen LogP contribution in [0.5, 0.6) is 0 Å². The molecule has 7 amide bonds. The Balaban J connectivity index is 1.09. The molecule has 4 aliphatic rings. The van der Waals surface area contributed by atoms with Gasteiger partial charge in [0.2, 0.25) is 41.2 Å². The molecule has 6 rings (SSSR count). The molecule has 0 spiro atoms. The van der Waals surface area contributed by atoms with Gasteiger partial charge in [-0.3, -0.25) is 33.6 Å². The Hall–Kier alpha value is -5.68. The van der Waals surface area contributed by atoms with Gasteiger partial charge in [-0.2, -0.15) is 0 Å². The van der Waals surface area contributed by atoms with E-state index in [1.54, 1.807) is 86.2 Å². The molecule has 72 heavy (non-hydrogen) atoms. The molecule has 2 aromatic carbocycles. The van der Waals surface area contributed by atoms with Crippen LogP contribution < -0.4 is 42.5 Å². The summed E-state index contributed by atoms with van der Waals surface area (Å²) in [7, 11) is 3.41. The third kappa shape index (κ3) is 12.9. The van der Waals surface area contributed by atoms with Crippen molar-refractivity contribution in [3.63, 3.8) is 0 Å². The molecule has 386 valence electrons. The number of carbonyl (C=O) groups excluding carboxylic acids is 7. The van der Waals surface area contributed by atoms with E-state index in [1.165, 1.54) is 28.8 Å². The normalized spacial score (nSPS) is 24.6. The van der Waals surface area contributed by atoms with E-state index in [-0.39, 0.29) is 41.2 Å². The maximum absolute atomic E-state index is 14.4. The summed E-state index contributed by atoms with van der Waals surface area (Å²) in [5, 5.41) is 34.1. The van der Waals surface area contributed by atoms with Crippen LogP contribution in [-0.2, 0) is 39.3 Å². The van der Waals surface area contributed by atoms with Crippen molar-refractivity contribution < 1.29 is 38.7 Å². The van der Waals surface area contributed by atoms with Gasteiger partial charge in [0, 0.05) is 12.1 Å². The maximum atomic E-state index is 14.4. The molecular formula is C51H66N10O8S3. The third-order valence-electron chi connectivity index (χ3n) is 13.3. The van der Waals surface area contributed by atoms with Crippen LogP contribution in [0, 0.1) is 34.5 Å². The number of aliphatic hydroxyl groups is 1. The molecule has 4 aliphatic heterocycles. The lowest BCUT2D eigenvalue weighted by molar-refractivity contribution is -0.155. The lowest BCUT2D eigenvalue weighted by Crippen LogP contribution is -2.63. The molecule has 0 radical (unpaired) electrons. The van der Waals surface area contributed by atoms with Gasteiger partial charge in [-0.25, -0.2) is 0 Å². The van der Waals surface area contributed by atoms with Crippen molar-refractivity contribution in [2.24, 2.45) is 10.8 Å². The van der Waals surface area contributed by atoms with Gasteiger partial charge in [0.1, 0.15) is 30.2 Å². The van der Waals surface area contributed by atoms with Gasteiger partial charge in [0.05, 0.1) is 34.9 Å². The van der Waals surface area contributed by atoms with Crippen molar-refractivity contribution >= 4 is 82.1 Å². The van der Waals surface area contributed by atoms with E-state index in [1.807, 2.05) is 27.7 Å². The molecule has 0 saturated carbocycles. The van der Waals surface area contributed by atoms with Gasteiger partial charge in [0.25, 0.3) is 5.91 Å². The second kappa shape index (κ2) is 24.4. The maximum Gasteiger partial charge on any atom is 0.278 e. The Kier molecular flexibility index (Phi) is 18.8. The molecule has 0 bridgehead atoms. The van der Waals surface area contributed by atoms with Crippen molar-refractivity contribution in [1.82, 2.24) is 52.3 Å². The molecule has 4 heterocycles. The number of rotatable bonds is 16. The first-order chi connectivity index (χ1) is 34.2. The van der Waals surface area contributed by atoms with Crippen LogP contribution in [0.4, 0.5) is 0 Å². The van der Waals surface area contributed by atoms with Crippen molar-refractivity contribution in [2.75, 3.05) is 45.2 Å². The first-order valence-corrected chi connectivity index (χ1v) is 26.5. The summed E-state index contributed by atoms with van der Waals surface area (Å²) in [6.07, 6.45) is 1.97. The number of carbonyl (C=O) groups is 7. The summed E-state index contributed by atoms with van der Waals surface area (Å²) in [5.74, 6) is 8.27. The summed E-state index contributed by atoms with van der Waals surface area (Å²) in [5.41, 5.74) is -3.37. The minimum absolute atomic E-state index is 0.0665. The molecule has 2 aromatic rings. The SMILES string of the molecule is CNCC(=S)N[C@H]1CCS[C@H]2CC(C)(C)[C@@H](C(=O)N[C@H](C(=O)NCC#CC#CCNC(=O)C(O)(NC(=O)[C@H]3N4C(=O)[C@@H](NC(=O)[C@H](C)NC)CCS[C@H]4CC3(C)C)c3ccccc3)c3ccccc3)N2C1=O. The van der Waals surface area contributed by atoms with Crippen LogP contribution in [-0.4, -0.2) is 147 Å². The first kappa shape index (κ1) is 55.6. The van der Waals surface area contributed by atoms with Crippen molar-refractivity contribution in [3.05, 3.63) is 71.8 Å². The van der Waals surface area contributed by atoms with Crippen LogP contribution >= 0.6 is 35.7 Å². The van der Waals surface area contributed by atoms with Crippen molar-refractivity contribution in [3.8, 4) is 23.7 Å². The monoisotopic (exact) mass is 1040 g/mol. The number of hydrogen-bond donors (Lipinski definition) is 9. The van der Waals surface area contributed by atoms with Crippen LogP contribution in [0.15, 0.2) is 60.7 Å². The molecule has 0 aliphatic carbocycles. The lowest BCUT2D eigenvalue weighted by atomic mass is 9.83. The Morgan fingerprint density at radius 2 is 1.28 bits per heavy atom. The van der Waals surface area contributed by atoms with Gasteiger partial charge in [-0.1, -0.05) is 112 Å². The Morgan fingerprint density at radius 3 is 1.82 bits per heavy atom. The molecular weight excluding hydrogens is 977 g/mol. The minimum Gasteiger partial charge on any atom is -0.367 e. The first-order valence-electron chi connectivity index (χ1n) is 24.0. The van der Waals surface area contributed by atoms with Crippen LogP contribution in [0.25, 0.3) is 0 Å². The van der Waals surface area contributed by atoms with Crippen LogP contribution in [0.1, 0.15) is 77.5 Å². The summed E-state index contributed by atoms with van der Waals surface area (Å²) in [6, 6.07) is 11.5. The molecule has 9 N–H and O–H groups in total. The quantitative estimate of drug-likeness (QED) is 0.0643. The fourth-order valence-corrected chi connectivity index (χ4v) is 13.0. The number of amides is 7. The zero-order valence-corrected chi connectivity index (χ0v) is 44.1. The van der Waals surface area contributed by atoms with Crippen molar-refractivity contribution in [1.29, 1.82) is 0 Å². The van der Waals surface area contributed by atoms with Gasteiger partial charge in [0.15, 0.2) is 0 Å². The summed E-state index contributed by atoms with van der Waals surface area (Å²) >= 11 is 8.60. The van der Waals surface area contributed by atoms with E-state index in [2.05, 4.69) is 66.2 Å². The molecule has 0 aromatic heterocycles. The fourth-order valence-electron chi connectivity index (χ4n) is 9.55. The van der Waals surface area contributed by atoms with E-state index >= 15 is 0 Å². The van der Waals surface area contributed by atoms with Crippen molar-refractivity contribution in [2.45, 2.75) is 113 Å². The highest BCUT2D eigenvalue weighted by Gasteiger charge is 2.57. The minimum atomic E-state index is -2.58. The second-order valence-electron chi connectivity index (χ2n) is 19.6. The molecule has 18 nitrogen and oxygen atoms in total. The highest BCUT2D eigenvalue weighted by Crippen LogP contribution is 2.48. The Bertz CT molecular complexity index is 2500. The molecule has 4 fully saturated rings. The van der Waals surface area contributed by atoms with E-state index in [0.29, 0.717) is 54.3 Å².